The number of anilines is 1. The van der Waals surface area contributed by atoms with Gasteiger partial charge < -0.3 is 15.5 Å². The lowest BCUT2D eigenvalue weighted by Crippen LogP contribution is -2.46. The summed E-state index contributed by atoms with van der Waals surface area (Å²) in [4.78, 5) is 12.0. The third-order valence-corrected chi connectivity index (χ3v) is 5.83. The average Bonchev–Trinajstić information content (AvgIpc) is 2.98. The zero-order valence-corrected chi connectivity index (χ0v) is 17.1. The zero-order valence-electron chi connectivity index (χ0n) is 17.1. The SMILES string of the molecule is Cc1cccc(N2CCN(CCCCN=C(N)N3CCCCCC3)CC2)c1. The predicted molar refractivity (Wildman–Crippen MR) is 116 cm³/mol. The third kappa shape index (κ3) is 6.42. The van der Waals surface area contributed by atoms with Gasteiger partial charge in [0.05, 0.1) is 0 Å². The molecule has 5 heteroatoms. The normalized spacial score (nSPS) is 20.0. The maximum atomic E-state index is 6.18. The number of aryl methyl sites for hydroxylation is 1. The number of hydrogen-bond acceptors (Lipinski definition) is 3. The number of guanidine groups is 1. The van der Waals surface area contributed by atoms with Crippen molar-refractivity contribution < 1.29 is 0 Å². The Bertz CT molecular complexity index is 584. The quantitative estimate of drug-likeness (QED) is 0.474. The van der Waals surface area contributed by atoms with Crippen molar-refractivity contribution in [3.05, 3.63) is 29.8 Å². The highest BCUT2D eigenvalue weighted by atomic mass is 15.3. The first kappa shape index (κ1) is 20.0. The zero-order chi connectivity index (χ0) is 18.9. The maximum absolute atomic E-state index is 6.18. The van der Waals surface area contributed by atoms with E-state index < -0.39 is 0 Å². The van der Waals surface area contributed by atoms with Crippen molar-refractivity contribution in [2.75, 3.05) is 57.3 Å². The summed E-state index contributed by atoms with van der Waals surface area (Å²) < 4.78 is 0. The van der Waals surface area contributed by atoms with Gasteiger partial charge in [0.1, 0.15) is 0 Å². The van der Waals surface area contributed by atoms with E-state index in [1.165, 1.54) is 49.9 Å². The predicted octanol–water partition coefficient (Wildman–Crippen LogP) is 3.09. The van der Waals surface area contributed by atoms with Crippen LogP contribution >= 0.6 is 0 Å². The summed E-state index contributed by atoms with van der Waals surface area (Å²) in [6, 6.07) is 8.86. The van der Waals surface area contributed by atoms with Crippen LogP contribution in [0.15, 0.2) is 29.3 Å². The summed E-state index contributed by atoms with van der Waals surface area (Å²) in [7, 11) is 0. The van der Waals surface area contributed by atoms with Crippen LogP contribution in [0.1, 0.15) is 44.1 Å². The number of aliphatic imine (C=N–C) groups is 1. The third-order valence-electron chi connectivity index (χ3n) is 5.83. The van der Waals surface area contributed by atoms with E-state index in [1.807, 2.05) is 0 Å². The highest BCUT2D eigenvalue weighted by molar-refractivity contribution is 5.78. The highest BCUT2D eigenvalue weighted by Gasteiger charge is 2.16. The number of nitrogens with zero attached hydrogens (tertiary/aromatic N) is 4. The molecule has 1 aromatic rings. The topological polar surface area (TPSA) is 48.1 Å². The first-order valence-corrected chi connectivity index (χ1v) is 10.8. The van der Waals surface area contributed by atoms with Gasteiger partial charge in [-0.1, -0.05) is 25.0 Å². The van der Waals surface area contributed by atoms with Gasteiger partial charge in [-0.2, -0.15) is 0 Å². The molecule has 0 amide bonds. The number of nitrogens with two attached hydrogens (primary N) is 1. The molecule has 0 bridgehead atoms. The van der Waals surface area contributed by atoms with Crippen LogP contribution in [0.3, 0.4) is 0 Å². The minimum absolute atomic E-state index is 0.767. The van der Waals surface area contributed by atoms with Crippen LogP contribution in [-0.4, -0.2) is 68.1 Å². The summed E-state index contributed by atoms with van der Waals surface area (Å²) in [5.41, 5.74) is 8.90. The van der Waals surface area contributed by atoms with E-state index in [-0.39, 0.29) is 0 Å². The number of benzene rings is 1. The van der Waals surface area contributed by atoms with Crippen molar-refractivity contribution in [3.63, 3.8) is 0 Å². The Hall–Kier alpha value is -1.75. The van der Waals surface area contributed by atoms with Crippen molar-refractivity contribution in [1.82, 2.24) is 9.80 Å². The van der Waals surface area contributed by atoms with Crippen LogP contribution in [0.5, 0.6) is 0 Å². The van der Waals surface area contributed by atoms with E-state index in [9.17, 15) is 0 Å². The van der Waals surface area contributed by atoms with E-state index in [0.29, 0.717) is 0 Å². The molecule has 0 unspecified atom stereocenters. The molecule has 0 atom stereocenters. The van der Waals surface area contributed by atoms with Crippen LogP contribution in [0.4, 0.5) is 5.69 Å². The van der Waals surface area contributed by atoms with E-state index in [0.717, 1.165) is 58.2 Å². The molecule has 2 aliphatic rings. The number of likely N-dealkylation sites (tertiary alicyclic amines) is 1. The molecule has 5 nitrogen and oxygen atoms in total. The fourth-order valence-corrected chi connectivity index (χ4v) is 4.09. The molecule has 0 aromatic heterocycles. The molecule has 2 fully saturated rings. The summed E-state index contributed by atoms with van der Waals surface area (Å²) in [6.45, 7) is 11.0. The van der Waals surface area contributed by atoms with Gasteiger partial charge in [-0.05, 0) is 56.8 Å². The Kier molecular flexibility index (Phi) is 7.81. The highest BCUT2D eigenvalue weighted by Crippen LogP contribution is 2.18. The second-order valence-electron chi connectivity index (χ2n) is 8.02. The first-order chi connectivity index (χ1) is 13.2. The van der Waals surface area contributed by atoms with Crippen molar-refractivity contribution in [1.29, 1.82) is 0 Å². The Labute approximate surface area is 165 Å². The maximum Gasteiger partial charge on any atom is 0.191 e. The van der Waals surface area contributed by atoms with Crippen molar-refractivity contribution in [2.24, 2.45) is 10.7 Å². The molecule has 1 aromatic carbocycles. The number of piperazine rings is 1. The van der Waals surface area contributed by atoms with E-state index in [1.54, 1.807) is 0 Å². The first-order valence-electron chi connectivity index (χ1n) is 10.8. The minimum atomic E-state index is 0.767. The average molecular weight is 372 g/mol. The molecule has 3 rings (SSSR count). The summed E-state index contributed by atoms with van der Waals surface area (Å²) in [5, 5.41) is 0. The van der Waals surface area contributed by atoms with Crippen LogP contribution in [0, 0.1) is 6.92 Å². The summed E-state index contributed by atoms with van der Waals surface area (Å²) >= 11 is 0. The molecule has 150 valence electrons. The fraction of sp³-hybridized carbons (Fsp3) is 0.682. The summed E-state index contributed by atoms with van der Waals surface area (Å²) in [5.74, 6) is 0.767. The minimum Gasteiger partial charge on any atom is -0.370 e. The molecule has 2 heterocycles. The van der Waals surface area contributed by atoms with Gasteiger partial charge in [0.15, 0.2) is 5.96 Å². The monoisotopic (exact) mass is 371 g/mol. The molecule has 0 aliphatic carbocycles. The second kappa shape index (κ2) is 10.5. The fourth-order valence-electron chi connectivity index (χ4n) is 4.09. The molecular weight excluding hydrogens is 334 g/mol. The van der Waals surface area contributed by atoms with Crippen molar-refractivity contribution in [2.45, 2.75) is 45.4 Å². The smallest absolute Gasteiger partial charge is 0.191 e. The van der Waals surface area contributed by atoms with Crippen molar-refractivity contribution >= 4 is 11.6 Å². The Morgan fingerprint density at radius 1 is 0.963 bits per heavy atom. The second-order valence-corrected chi connectivity index (χ2v) is 8.02. The molecule has 0 radical (unpaired) electrons. The summed E-state index contributed by atoms with van der Waals surface area (Å²) in [6.07, 6.45) is 7.52. The van der Waals surface area contributed by atoms with Gasteiger partial charge in [0.2, 0.25) is 0 Å². The largest absolute Gasteiger partial charge is 0.370 e. The lowest BCUT2D eigenvalue weighted by Gasteiger charge is -2.36. The number of rotatable bonds is 6. The van der Waals surface area contributed by atoms with Gasteiger partial charge in [-0.3, -0.25) is 9.89 Å². The van der Waals surface area contributed by atoms with Crippen molar-refractivity contribution in [3.8, 4) is 0 Å². The van der Waals surface area contributed by atoms with Gasteiger partial charge in [-0.25, -0.2) is 0 Å². The lowest BCUT2D eigenvalue weighted by atomic mass is 10.2. The number of hydrogen-bond donors (Lipinski definition) is 1. The molecule has 2 aliphatic heterocycles. The van der Waals surface area contributed by atoms with Gasteiger partial charge in [0.25, 0.3) is 0 Å². The van der Waals surface area contributed by atoms with E-state index >= 15 is 0 Å². The van der Waals surface area contributed by atoms with Crippen LogP contribution in [-0.2, 0) is 0 Å². The standard InChI is InChI=1S/C22H37N5/c1-20-9-8-10-21(19-20)26-17-15-25(16-18-26)12-7-4-11-24-22(23)27-13-5-2-3-6-14-27/h8-10,19H,2-7,11-18H2,1H3,(H2,23,24). The Balaban J connectivity index is 1.30. The molecule has 0 saturated carbocycles. The molecule has 2 N–H and O–H groups in total. The molecular formula is C22H37N5. The van der Waals surface area contributed by atoms with Gasteiger partial charge >= 0.3 is 0 Å². The van der Waals surface area contributed by atoms with E-state index in [2.05, 4.69) is 50.9 Å². The molecule has 0 spiro atoms. The van der Waals surface area contributed by atoms with Crippen LogP contribution < -0.4 is 10.6 Å². The number of unbranched alkanes of at least 4 members (excludes halogenated alkanes) is 1. The van der Waals surface area contributed by atoms with Gasteiger partial charge in [0, 0.05) is 51.5 Å². The van der Waals surface area contributed by atoms with Crippen LogP contribution in [0.2, 0.25) is 0 Å². The lowest BCUT2D eigenvalue weighted by molar-refractivity contribution is 0.253. The molecule has 2 saturated heterocycles. The molecule has 27 heavy (non-hydrogen) atoms. The Morgan fingerprint density at radius 2 is 1.70 bits per heavy atom. The van der Waals surface area contributed by atoms with Gasteiger partial charge in [-0.15, -0.1) is 0 Å². The Morgan fingerprint density at radius 3 is 2.41 bits per heavy atom. The van der Waals surface area contributed by atoms with Crippen LogP contribution in [0.25, 0.3) is 0 Å². The van der Waals surface area contributed by atoms with E-state index in [4.69, 9.17) is 5.73 Å².